The number of halogens is 1. The number of carbonyl (C=O) groups excluding carboxylic acids is 2. The smallest absolute Gasteiger partial charge is 0.331 e. The zero-order chi connectivity index (χ0) is 18.9. The van der Waals surface area contributed by atoms with Gasteiger partial charge in [-0.05, 0) is 36.8 Å². The average molecular weight is 418 g/mol. The number of benzene rings is 2. The summed E-state index contributed by atoms with van der Waals surface area (Å²) in [5.74, 6) is -0.264. The van der Waals surface area contributed by atoms with Crippen LogP contribution in [0.5, 0.6) is 5.75 Å². The maximum atomic E-state index is 12.1. The number of nitrogens with one attached hydrogen (secondary N) is 1. The van der Waals surface area contributed by atoms with Gasteiger partial charge in [0.2, 0.25) is 0 Å². The fourth-order valence-corrected chi connectivity index (χ4v) is 2.63. The van der Waals surface area contributed by atoms with Crippen molar-refractivity contribution in [3.63, 3.8) is 0 Å². The molecule has 0 bridgehead atoms. The average Bonchev–Trinajstić information content (AvgIpc) is 2.64. The molecule has 136 valence electrons. The molecule has 1 N–H and O–H groups in total. The summed E-state index contributed by atoms with van der Waals surface area (Å²) in [6.07, 6.45) is 2.03. The minimum Gasteiger partial charge on any atom is -0.496 e. The third kappa shape index (κ3) is 6.04. The number of para-hydroxylation sites is 1. The SMILES string of the molecule is COc1ccccc1CNC(=O)[C@@H](C)OC(=O)/C=C/c1cccc(Br)c1. The van der Waals surface area contributed by atoms with Crippen LogP contribution >= 0.6 is 15.9 Å². The van der Waals surface area contributed by atoms with E-state index in [2.05, 4.69) is 21.2 Å². The van der Waals surface area contributed by atoms with E-state index in [0.29, 0.717) is 12.3 Å². The van der Waals surface area contributed by atoms with Crippen LogP contribution in [0.4, 0.5) is 0 Å². The number of rotatable bonds is 7. The van der Waals surface area contributed by atoms with Crippen molar-refractivity contribution in [1.82, 2.24) is 5.32 Å². The standard InChI is InChI=1S/C20H20BrNO4/c1-14(20(24)22-13-16-7-3-4-9-18(16)25-2)26-19(23)11-10-15-6-5-8-17(21)12-15/h3-12,14H,13H2,1-2H3,(H,22,24)/b11-10+/t14-/m1/s1. The number of ether oxygens (including phenoxy) is 2. The molecule has 0 aromatic heterocycles. The lowest BCUT2D eigenvalue weighted by atomic mass is 10.2. The highest BCUT2D eigenvalue weighted by Crippen LogP contribution is 2.16. The summed E-state index contributed by atoms with van der Waals surface area (Å²) in [7, 11) is 1.57. The van der Waals surface area contributed by atoms with Gasteiger partial charge in [0.05, 0.1) is 7.11 Å². The number of carbonyl (C=O) groups is 2. The van der Waals surface area contributed by atoms with E-state index >= 15 is 0 Å². The molecule has 0 radical (unpaired) electrons. The maximum absolute atomic E-state index is 12.1. The second kappa shape index (κ2) is 9.77. The molecular formula is C20H20BrNO4. The summed E-state index contributed by atoms with van der Waals surface area (Å²) in [5, 5.41) is 2.73. The Kier molecular flexibility index (Phi) is 7.41. The molecule has 26 heavy (non-hydrogen) atoms. The van der Waals surface area contributed by atoms with E-state index in [4.69, 9.17) is 9.47 Å². The highest BCUT2D eigenvalue weighted by atomic mass is 79.9. The monoisotopic (exact) mass is 417 g/mol. The summed E-state index contributed by atoms with van der Waals surface area (Å²) >= 11 is 3.36. The van der Waals surface area contributed by atoms with E-state index in [-0.39, 0.29) is 5.91 Å². The van der Waals surface area contributed by atoms with Crippen LogP contribution in [0.3, 0.4) is 0 Å². The normalized spacial score (nSPS) is 11.8. The predicted molar refractivity (Wildman–Crippen MR) is 104 cm³/mol. The first kappa shape index (κ1) is 19.7. The highest BCUT2D eigenvalue weighted by Gasteiger charge is 2.16. The molecule has 0 fully saturated rings. The summed E-state index contributed by atoms with van der Waals surface area (Å²) in [5.41, 5.74) is 1.70. The number of hydrogen-bond donors (Lipinski definition) is 1. The van der Waals surface area contributed by atoms with Crippen molar-refractivity contribution in [2.45, 2.75) is 19.6 Å². The van der Waals surface area contributed by atoms with Gasteiger partial charge in [-0.2, -0.15) is 0 Å². The Balaban J connectivity index is 1.85. The number of hydrogen-bond acceptors (Lipinski definition) is 4. The number of methoxy groups -OCH3 is 1. The fourth-order valence-electron chi connectivity index (χ4n) is 2.22. The molecule has 0 spiro atoms. The molecule has 0 saturated heterocycles. The Hall–Kier alpha value is -2.60. The topological polar surface area (TPSA) is 64.6 Å². The van der Waals surface area contributed by atoms with Crippen LogP contribution in [0.2, 0.25) is 0 Å². The molecule has 1 atom stereocenters. The molecule has 0 aliphatic rings. The van der Waals surface area contributed by atoms with E-state index < -0.39 is 12.1 Å². The molecule has 6 heteroatoms. The summed E-state index contributed by atoms with van der Waals surface area (Å²) in [6.45, 7) is 1.82. The van der Waals surface area contributed by atoms with E-state index in [0.717, 1.165) is 15.6 Å². The molecule has 2 rings (SSSR count). The second-order valence-electron chi connectivity index (χ2n) is 5.50. The zero-order valence-electron chi connectivity index (χ0n) is 14.6. The largest absolute Gasteiger partial charge is 0.496 e. The van der Waals surface area contributed by atoms with E-state index in [1.807, 2.05) is 48.5 Å². The van der Waals surface area contributed by atoms with Gasteiger partial charge in [-0.15, -0.1) is 0 Å². The van der Waals surface area contributed by atoms with Crippen LogP contribution < -0.4 is 10.1 Å². The van der Waals surface area contributed by atoms with Crippen LogP contribution in [-0.4, -0.2) is 25.1 Å². The molecule has 1 amide bonds. The van der Waals surface area contributed by atoms with Crippen LogP contribution in [0.25, 0.3) is 6.08 Å². The van der Waals surface area contributed by atoms with Crippen molar-refractivity contribution >= 4 is 33.9 Å². The van der Waals surface area contributed by atoms with Crippen LogP contribution in [-0.2, 0) is 20.9 Å². The molecule has 2 aromatic rings. The molecule has 5 nitrogen and oxygen atoms in total. The van der Waals surface area contributed by atoms with Crippen molar-refractivity contribution in [3.05, 3.63) is 70.2 Å². The Morgan fingerprint density at radius 1 is 1.19 bits per heavy atom. The summed E-state index contributed by atoms with van der Waals surface area (Å²) < 4.78 is 11.3. The highest BCUT2D eigenvalue weighted by molar-refractivity contribution is 9.10. The molecule has 0 aliphatic heterocycles. The van der Waals surface area contributed by atoms with Gasteiger partial charge in [0.15, 0.2) is 6.10 Å². The molecule has 0 heterocycles. The third-order valence-electron chi connectivity index (χ3n) is 3.57. The van der Waals surface area contributed by atoms with E-state index in [1.165, 1.54) is 13.0 Å². The first-order valence-electron chi connectivity index (χ1n) is 8.03. The van der Waals surface area contributed by atoms with Gasteiger partial charge in [-0.25, -0.2) is 4.79 Å². The molecule has 2 aromatic carbocycles. The lowest BCUT2D eigenvalue weighted by molar-refractivity contribution is -0.150. The Labute approximate surface area is 161 Å². The van der Waals surface area contributed by atoms with Gasteiger partial charge in [0, 0.05) is 22.7 Å². The summed E-state index contributed by atoms with van der Waals surface area (Å²) in [6, 6.07) is 14.9. The van der Waals surface area contributed by atoms with Crippen molar-refractivity contribution in [2.75, 3.05) is 7.11 Å². The number of esters is 1. The molecular weight excluding hydrogens is 398 g/mol. The molecule has 0 unspecified atom stereocenters. The van der Waals surface area contributed by atoms with E-state index in [1.54, 1.807) is 13.2 Å². The van der Waals surface area contributed by atoms with Gasteiger partial charge < -0.3 is 14.8 Å². The number of amides is 1. The first-order valence-corrected chi connectivity index (χ1v) is 8.82. The van der Waals surface area contributed by atoms with Crippen LogP contribution in [0, 0.1) is 0 Å². The lowest BCUT2D eigenvalue weighted by Gasteiger charge is -2.13. The minimum absolute atomic E-state index is 0.290. The summed E-state index contributed by atoms with van der Waals surface area (Å²) in [4.78, 5) is 24.0. The zero-order valence-corrected chi connectivity index (χ0v) is 16.2. The van der Waals surface area contributed by atoms with Gasteiger partial charge in [0.1, 0.15) is 5.75 Å². The van der Waals surface area contributed by atoms with Crippen LogP contribution in [0.1, 0.15) is 18.1 Å². The fraction of sp³-hybridized carbons (Fsp3) is 0.200. The molecule has 0 saturated carbocycles. The maximum Gasteiger partial charge on any atom is 0.331 e. The quantitative estimate of drug-likeness (QED) is 0.550. The minimum atomic E-state index is -0.899. The van der Waals surface area contributed by atoms with Gasteiger partial charge in [0.25, 0.3) is 5.91 Å². The van der Waals surface area contributed by atoms with Gasteiger partial charge >= 0.3 is 5.97 Å². The third-order valence-corrected chi connectivity index (χ3v) is 4.06. The lowest BCUT2D eigenvalue weighted by Crippen LogP contribution is -2.35. The predicted octanol–water partition coefficient (Wildman–Crippen LogP) is 3.72. The van der Waals surface area contributed by atoms with Crippen molar-refractivity contribution in [1.29, 1.82) is 0 Å². The van der Waals surface area contributed by atoms with Crippen LogP contribution in [0.15, 0.2) is 59.1 Å². The van der Waals surface area contributed by atoms with E-state index in [9.17, 15) is 9.59 Å². The Bertz CT molecular complexity index is 804. The van der Waals surface area contributed by atoms with Gasteiger partial charge in [-0.3, -0.25) is 4.79 Å². The Morgan fingerprint density at radius 2 is 1.96 bits per heavy atom. The van der Waals surface area contributed by atoms with Crippen molar-refractivity contribution in [2.24, 2.45) is 0 Å². The van der Waals surface area contributed by atoms with Crippen molar-refractivity contribution in [3.8, 4) is 5.75 Å². The first-order chi connectivity index (χ1) is 12.5. The van der Waals surface area contributed by atoms with Crippen molar-refractivity contribution < 1.29 is 19.1 Å². The second-order valence-corrected chi connectivity index (χ2v) is 6.41. The van der Waals surface area contributed by atoms with Gasteiger partial charge in [-0.1, -0.05) is 46.3 Å². The Morgan fingerprint density at radius 3 is 2.69 bits per heavy atom. The molecule has 0 aliphatic carbocycles.